The molecule has 4 nitrogen and oxygen atoms in total. The molecule has 0 saturated heterocycles. The molecule has 0 spiro atoms. The Morgan fingerprint density at radius 1 is 1.10 bits per heavy atom. The van der Waals surface area contributed by atoms with Crippen molar-refractivity contribution in [2.24, 2.45) is 0 Å². The lowest BCUT2D eigenvalue weighted by molar-refractivity contribution is 0.863. The topological polar surface area (TPSA) is 42.7 Å². The number of benzene rings is 1. The van der Waals surface area contributed by atoms with Gasteiger partial charge in [0.15, 0.2) is 0 Å². The molecule has 0 atom stereocenters. The fourth-order valence-corrected chi connectivity index (χ4v) is 2.05. The molecule has 0 amide bonds. The van der Waals surface area contributed by atoms with E-state index in [1.165, 1.54) is 5.56 Å². The van der Waals surface area contributed by atoms with E-state index in [4.69, 9.17) is 0 Å². The fourth-order valence-electron chi connectivity index (χ4n) is 2.05. The first-order valence-electron chi connectivity index (χ1n) is 6.57. The molecule has 2 heterocycles. The monoisotopic (exact) mass is 264 g/mol. The van der Waals surface area contributed by atoms with Crippen LogP contribution in [0.25, 0.3) is 5.69 Å². The predicted molar refractivity (Wildman–Crippen MR) is 79.9 cm³/mol. The second kappa shape index (κ2) is 5.57. The highest BCUT2D eigenvalue weighted by molar-refractivity contribution is 5.44. The highest BCUT2D eigenvalue weighted by Gasteiger charge is 2.04. The first-order valence-corrected chi connectivity index (χ1v) is 6.57. The van der Waals surface area contributed by atoms with E-state index < -0.39 is 0 Å². The van der Waals surface area contributed by atoms with Gasteiger partial charge in [-0.1, -0.05) is 24.3 Å². The standard InChI is InChI=1S/C16H16N4/c1-13-7-8-16(17-11-13)18-12-14-5-2-3-6-15(14)20-10-4-9-19-20/h2-11H,12H2,1H3,(H,17,18). The van der Waals surface area contributed by atoms with Crippen LogP contribution in [-0.4, -0.2) is 14.8 Å². The van der Waals surface area contributed by atoms with Crippen LogP contribution in [0, 0.1) is 6.92 Å². The third kappa shape index (κ3) is 2.69. The fraction of sp³-hybridized carbons (Fsp3) is 0.125. The van der Waals surface area contributed by atoms with Gasteiger partial charge in [0.25, 0.3) is 0 Å². The number of hydrogen-bond donors (Lipinski definition) is 1. The van der Waals surface area contributed by atoms with Crippen LogP contribution in [0.15, 0.2) is 61.1 Å². The first-order chi connectivity index (χ1) is 9.83. The zero-order chi connectivity index (χ0) is 13.8. The summed E-state index contributed by atoms with van der Waals surface area (Å²) in [5.41, 5.74) is 3.42. The van der Waals surface area contributed by atoms with E-state index in [0.29, 0.717) is 6.54 Å². The zero-order valence-corrected chi connectivity index (χ0v) is 11.3. The van der Waals surface area contributed by atoms with Crippen LogP contribution < -0.4 is 5.32 Å². The molecule has 0 fully saturated rings. The number of aryl methyl sites for hydroxylation is 1. The molecule has 0 unspecified atom stereocenters. The summed E-state index contributed by atoms with van der Waals surface area (Å²) in [7, 11) is 0. The molecule has 1 aromatic carbocycles. The molecule has 0 radical (unpaired) electrons. The molecule has 1 N–H and O–H groups in total. The molecule has 0 aliphatic heterocycles. The normalized spacial score (nSPS) is 10.4. The molecule has 2 aromatic heterocycles. The number of aromatic nitrogens is 3. The van der Waals surface area contributed by atoms with Crippen molar-refractivity contribution in [3.8, 4) is 5.69 Å². The van der Waals surface area contributed by atoms with Crippen LogP contribution in [0.4, 0.5) is 5.82 Å². The van der Waals surface area contributed by atoms with Gasteiger partial charge in [0, 0.05) is 25.1 Å². The number of anilines is 1. The largest absolute Gasteiger partial charge is 0.366 e. The second-order valence-electron chi connectivity index (χ2n) is 4.65. The van der Waals surface area contributed by atoms with Crippen LogP contribution in [0.5, 0.6) is 0 Å². The Labute approximate surface area is 118 Å². The molecule has 100 valence electrons. The molecular formula is C16H16N4. The van der Waals surface area contributed by atoms with Gasteiger partial charge in [0.1, 0.15) is 5.82 Å². The Bertz CT molecular complexity index is 672. The number of nitrogens with one attached hydrogen (secondary N) is 1. The van der Waals surface area contributed by atoms with E-state index in [1.807, 2.05) is 48.3 Å². The lowest BCUT2D eigenvalue weighted by Gasteiger charge is -2.11. The highest BCUT2D eigenvalue weighted by atomic mass is 15.3. The third-order valence-electron chi connectivity index (χ3n) is 3.11. The zero-order valence-electron chi connectivity index (χ0n) is 11.3. The van der Waals surface area contributed by atoms with Gasteiger partial charge in [-0.15, -0.1) is 0 Å². The molecule has 0 aliphatic rings. The average Bonchev–Trinajstić information content (AvgIpc) is 3.01. The summed E-state index contributed by atoms with van der Waals surface area (Å²) in [5.74, 6) is 0.880. The van der Waals surface area contributed by atoms with E-state index in [-0.39, 0.29) is 0 Å². The van der Waals surface area contributed by atoms with Crippen LogP contribution in [0.1, 0.15) is 11.1 Å². The minimum Gasteiger partial charge on any atom is -0.366 e. The Hall–Kier alpha value is -2.62. The van der Waals surface area contributed by atoms with Gasteiger partial charge >= 0.3 is 0 Å². The molecule has 0 bridgehead atoms. The summed E-state index contributed by atoms with van der Waals surface area (Å²) in [5, 5.41) is 7.63. The molecule has 3 aromatic rings. The molecule has 0 saturated carbocycles. The molecule has 20 heavy (non-hydrogen) atoms. The quantitative estimate of drug-likeness (QED) is 0.787. The maximum atomic E-state index is 4.35. The smallest absolute Gasteiger partial charge is 0.126 e. The van der Waals surface area contributed by atoms with Crippen LogP contribution in [0.3, 0.4) is 0 Å². The summed E-state index contributed by atoms with van der Waals surface area (Å²) < 4.78 is 1.87. The minimum atomic E-state index is 0.714. The lowest BCUT2D eigenvalue weighted by Crippen LogP contribution is -2.06. The third-order valence-corrected chi connectivity index (χ3v) is 3.11. The summed E-state index contributed by atoms with van der Waals surface area (Å²) in [6.07, 6.45) is 5.59. The van der Waals surface area contributed by atoms with E-state index >= 15 is 0 Å². The van der Waals surface area contributed by atoms with Crippen LogP contribution >= 0.6 is 0 Å². The van der Waals surface area contributed by atoms with Gasteiger partial charge in [0.05, 0.1) is 5.69 Å². The van der Waals surface area contributed by atoms with Crippen molar-refractivity contribution in [3.63, 3.8) is 0 Å². The number of hydrogen-bond acceptors (Lipinski definition) is 3. The van der Waals surface area contributed by atoms with Crippen molar-refractivity contribution < 1.29 is 0 Å². The molecule has 4 heteroatoms. The van der Waals surface area contributed by atoms with Gasteiger partial charge < -0.3 is 5.32 Å². The van der Waals surface area contributed by atoms with Crippen molar-refractivity contribution in [3.05, 3.63) is 72.2 Å². The molecule has 3 rings (SSSR count). The van der Waals surface area contributed by atoms with Gasteiger partial charge in [-0.2, -0.15) is 5.10 Å². The molecule has 0 aliphatic carbocycles. The summed E-state index contributed by atoms with van der Waals surface area (Å²) in [6.45, 7) is 2.75. The van der Waals surface area contributed by atoms with Gasteiger partial charge in [0.2, 0.25) is 0 Å². The summed E-state index contributed by atoms with van der Waals surface area (Å²) >= 11 is 0. The van der Waals surface area contributed by atoms with Crippen molar-refractivity contribution in [2.45, 2.75) is 13.5 Å². The van der Waals surface area contributed by atoms with Crippen LogP contribution in [-0.2, 0) is 6.54 Å². The SMILES string of the molecule is Cc1ccc(NCc2ccccc2-n2cccn2)nc1. The van der Waals surface area contributed by atoms with Crippen LogP contribution in [0.2, 0.25) is 0 Å². The summed E-state index contributed by atoms with van der Waals surface area (Å²) in [4.78, 5) is 4.35. The van der Waals surface area contributed by atoms with Crippen molar-refractivity contribution in [1.29, 1.82) is 0 Å². The first kappa shape index (κ1) is 12.4. The van der Waals surface area contributed by atoms with Crippen molar-refractivity contribution >= 4 is 5.82 Å². The van der Waals surface area contributed by atoms with Crippen molar-refractivity contribution in [1.82, 2.24) is 14.8 Å². The average molecular weight is 264 g/mol. The number of nitrogens with zero attached hydrogens (tertiary/aromatic N) is 3. The van der Waals surface area contributed by atoms with E-state index in [9.17, 15) is 0 Å². The Morgan fingerprint density at radius 3 is 2.75 bits per heavy atom. The van der Waals surface area contributed by atoms with Gasteiger partial charge in [-0.3, -0.25) is 0 Å². The number of pyridine rings is 1. The van der Waals surface area contributed by atoms with Gasteiger partial charge in [-0.25, -0.2) is 9.67 Å². The lowest BCUT2D eigenvalue weighted by atomic mass is 10.2. The Balaban J connectivity index is 1.79. The maximum Gasteiger partial charge on any atom is 0.126 e. The minimum absolute atomic E-state index is 0.714. The Morgan fingerprint density at radius 2 is 2.00 bits per heavy atom. The van der Waals surface area contributed by atoms with Gasteiger partial charge in [-0.05, 0) is 36.2 Å². The Kier molecular flexibility index (Phi) is 3.46. The van der Waals surface area contributed by atoms with E-state index in [0.717, 1.165) is 17.1 Å². The number of rotatable bonds is 4. The summed E-state index contributed by atoms with van der Waals surface area (Å²) in [6, 6.07) is 14.2. The van der Waals surface area contributed by atoms with Crippen molar-refractivity contribution in [2.75, 3.05) is 5.32 Å². The number of para-hydroxylation sites is 1. The predicted octanol–water partition coefficient (Wildman–Crippen LogP) is 3.19. The van der Waals surface area contributed by atoms with E-state index in [2.05, 4.69) is 33.6 Å². The molecular weight excluding hydrogens is 248 g/mol. The highest BCUT2D eigenvalue weighted by Crippen LogP contribution is 2.15. The maximum absolute atomic E-state index is 4.35. The van der Waals surface area contributed by atoms with E-state index in [1.54, 1.807) is 6.20 Å². The second-order valence-corrected chi connectivity index (χ2v) is 4.65.